The average molecular weight is 408 g/mol. The molecule has 1 N–H and O–H groups in total. The molecule has 0 spiro atoms. The molecule has 1 atom stereocenters. The Morgan fingerprint density at radius 2 is 2.12 bits per heavy atom. The fourth-order valence-corrected chi connectivity index (χ4v) is 2.66. The molecule has 0 fully saturated rings. The lowest BCUT2D eigenvalue weighted by molar-refractivity contribution is -0.142. The molecule has 0 aliphatic carbocycles. The van der Waals surface area contributed by atoms with E-state index in [4.69, 9.17) is 0 Å². The predicted octanol–water partition coefficient (Wildman–Crippen LogP) is 3.07. The molecule has 1 amide bonds. The van der Waals surface area contributed by atoms with Crippen LogP contribution < -0.4 is 5.32 Å². The van der Waals surface area contributed by atoms with Crippen LogP contribution in [0.2, 0.25) is 0 Å². The molecule has 2 rings (SSSR count). The lowest BCUT2D eigenvalue weighted by Gasteiger charge is -2.14. The smallest absolute Gasteiger partial charge is 0.350 e. The van der Waals surface area contributed by atoms with Crippen molar-refractivity contribution in [2.45, 2.75) is 46.1 Å². The molecule has 2 aromatic heterocycles. The molecule has 0 aliphatic heterocycles. The summed E-state index contributed by atoms with van der Waals surface area (Å²) in [5.41, 5.74) is 0.0133. The van der Waals surface area contributed by atoms with Crippen LogP contribution in [0, 0.1) is 6.92 Å². The number of alkyl halides is 3. The fraction of sp³-hybridized carbons (Fsp3) is 0.500. The Labute approximate surface area is 145 Å². The number of nitrogens with zero attached hydrogens (tertiary/aromatic N) is 4. The summed E-state index contributed by atoms with van der Waals surface area (Å²) in [6.45, 7) is 5.87. The monoisotopic (exact) mass is 407 g/mol. The molecule has 0 bridgehead atoms. The van der Waals surface area contributed by atoms with Crippen molar-refractivity contribution < 1.29 is 18.0 Å². The number of aromatic nitrogens is 4. The topological polar surface area (TPSA) is 64.7 Å². The number of carbonyl (C=O) groups excluding carboxylic acids is 1. The van der Waals surface area contributed by atoms with Gasteiger partial charge in [-0.25, -0.2) is 0 Å². The highest BCUT2D eigenvalue weighted by Crippen LogP contribution is 2.36. The number of carbonyl (C=O) groups is 1. The summed E-state index contributed by atoms with van der Waals surface area (Å²) in [6.07, 6.45) is -1.16. The lowest BCUT2D eigenvalue weighted by atomic mass is 10.3. The van der Waals surface area contributed by atoms with Gasteiger partial charge in [0.15, 0.2) is 5.69 Å². The molecular weight excluding hydrogens is 391 g/mol. The van der Waals surface area contributed by atoms with Gasteiger partial charge in [-0.3, -0.25) is 14.2 Å². The third-order valence-corrected chi connectivity index (χ3v) is 4.52. The van der Waals surface area contributed by atoms with Crippen molar-refractivity contribution in [3.8, 4) is 0 Å². The Morgan fingerprint density at radius 3 is 2.62 bits per heavy atom. The second-order valence-electron chi connectivity index (χ2n) is 5.29. The first-order valence-electron chi connectivity index (χ1n) is 7.26. The molecule has 0 saturated heterocycles. The van der Waals surface area contributed by atoms with Crippen molar-refractivity contribution in [2.24, 2.45) is 0 Å². The van der Waals surface area contributed by atoms with Gasteiger partial charge in [-0.05, 0) is 36.7 Å². The highest BCUT2D eigenvalue weighted by Gasteiger charge is 2.38. The minimum Gasteiger partial charge on any atom is -0.350 e. The van der Waals surface area contributed by atoms with Crippen LogP contribution in [-0.4, -0.2) is 25.5 Å². The zero-order valence-corrected chi connectivity index (χ0v) is 14.9. The van der Waals surface area contributed by atoms with Crippen LogP contribution in [-0.2, 0) is 24.1 Å². The van der Waals surface area contributed by atoms with Crippen LogP contribution in [0.5, 0.6) is 0 Å². The Bertz CT molecular complexity index is 737. The number of hydrogen-bond donors (Lipinski definition) is 1. The summed E-state index contributed by atoms with van der Waals surface area (Å²) >= 11 is 2.89. The first kappa shape index (κ1) is 18.5. The van der Waals surface area contributed by atoms with E-state index in [1.165, 1.54) is 13.8 Å². The summed E-state index contributed by atoms with van der Waals surface area (Å²) in [5.74, 6) is -0.425. The van der Waals surface area contributed by atoms with Gasteiger partial charge in [-0.2, -0.15) is 23.4 Å². The molecule has 0 aliphatic rings. The molecule has 0 aromatic carbocycles. The summed E-state index contributed by atoms with van der Waals surface area (Å²) in [5, 5.41) is 10.3. The zero-order chi connectivity index (χ0) is 18.1. The number of amides is 1. The number of nitrogens with one attached hydrogen (secondary N) is 1. The van der Waals surface area contributed by atoms with E-state index in [1.54, 1.807) is 17.1 Å². The van der Waals surface area contributed by atoms with Crippen LogP contribution >= 0.6 is 15.9 Å². The van der Waals surface area contributed by atoms with Crippen LogP contribution in [0.4, 0.5) is 13.2 Å². The Balaban J connectivity index is 2.10. The van der Waals surface area contributed by atoms with Gasteiger partial charge in [0.25, 0.3) is 0 Å². The lowest BCUT2D eigenvalue weighted by Crippen LogP contribution is -2.31. The molecule has 24 heavy (non-hydrogen) atoms. The first-order valence-corrected chi connectivity index (χ1v) is 8.05. The van der Waals surface area contributed by atoms with E-state index in [-0.39, 0.29) is 16.7 Å². The van der Waals surface area contributed by atoms with Crippen molar-refractivity contribution >= 4 is 21.8 Å². The highest BCUT2D eigenvalue weighted by atomic mass is 79.9. The molecule has 6 nitrogen and oxygen atoms in total. The molecule has 10 heteroatoms. The average Bonchev–Trinajstić information content (AvgIpc) is 3.09. The normalized spacial score (nSPS) is 13.1. The maximum absolute atomic E-state index is 12.9. The summed E-state index contributed by atoms with van der Waals surface area (Å²) in [6, 6.07) is -0.876. The van der Waals surface area contributed by atoms with Crippen LogP contribution in [0.3, 0.4) is 0 Å². The minimum atomic E-state index is -4.58. The molecule has 0 saturated carbocycles. The van der Waals surface area contributed by atoms with E-state index in [2.05, 4.69) is 31.4 Å². The summed E-state index contributed by atoms with van der Waals surface area (Å²) < 4.78 is 41.3. The van der Waals surface area contributed by atoms with Gasteiger partial charge < -0.3 is 5.32 Å². The molecular formula is C14H17BrF3N5O. The molecule has 2 aromatic rings. The van der Waals surface area contributed by atoms with Gasteiger partial charge in [0.05, 0.1) is 16.4 Å². The van der Waals surface area contributed by atoms with Gasteiger partial charge in [-0.15, -0.1) is 0 Å². The van der Waals surface area contributed by atoms with E-state index in [1.807, 2.05) is 6.92 Å². The number of halogens is 4. The second kappa shape index (κ2) is 6.96. The SMILES string of the molecule is CCn1cc(CNC(=O)[C@H](C)n2nc(C(F)(F)F)c(Br)c2C)cn1. The van der Waals surface area contributed by atoms with E-state index < -0.39 is 23.8 Å². The number of hydrogen-bond acceptors (Lipinski definition) is 3. The van der Waals surface area contributed by atoms with Crippen LogP contribution in [0.15, 0.2) is 16.9 Å². The van der Waals surface area contributed by atoms with Gasteiger partial charge in [0, 0.05) is 24.8 Å². The van der Waals surface area contributed by atoms with Gasteiger partial charge >= 0.3 is 6.18 Å². The van der Waals surface area contributed by atoms with E-state index in [9.17, 15) is 18.0 Å². The fourth-order valence-electron chi connectivity index (χ4n) is 2.18. The standard InChI is InChI=1S/C14H17BrF3N5O/c1-4-22-7-10(6-20-22)5-19-13(24)9(3)23-8(2)11(15)12(21-23)14(16,17)18/h6-7,9H,4-5H2,1-3H3,(H,19,24)/t9-/m0/s1. The quantitative estimate of drug-likeness (QED) is 0.827. The largest absolute Gasteiger partial charge is 0.436 e. The van der Waals surface area contributed by atoms with Crippen molar-refractivity contribution in [1.29, 1.82) is 0 Å². The molecule has 0 unspecified atom stereocenters. The van der Waals surface area contributed by atoms with E-state index >= 15 is 0 Å². The Hall–Kier alpha value is -1.84. The van der Waals surface area contributed by atoms with Crippen LogP contribution in [0.1, 0.15) is 36.8 Å². The Kier molecular flexibility index (Phi) is 5.36. The van der Waals surface area contributed by atoms with Crippen molar-refractivity contribution in [1.82, 2.24) is 24.9 Å². The second-order valence-corrected chi connectivity index (χ2v) is 6.08. The van der Waals surface area contributed by atoms with Crippen molar-refractivity contribution in [3.05, 3.63) is 33.8 Å². The van der Waals surface area contributed by atoms with Gasteiger partial charge in [0.1, 0.15) is 6.04 Å². The van der Waals surface area contributed by atoms with Crippen molar-refractivity contribution in [2.75, 3.05) is 0 Å². The van der Waals surface area contributed by atoms with Gasteiger partial charge in [0.2, 0.25) is 5.91 Å². The predicted molar refractivity (Wildman–Crippen MR) is 84.1 cm³/mol. The summed E-state index contributed by atoms with van der Waals surface area (Å²) in [4.78, 5) is 12.2. The molecule has 0 radical (unpaired) electrons. The minimum absolute atomic E-state index is 0.154. The van der Waals surface area contributed by atoms with Crippen LogP contribution in [0.25, 0.3) is 0 Å². The Morgan fingerprint density at radius 1 is 1.46 bits per heavy atom. The zero-order valence-electron chi connectivity index (χ0n) is 13.4. The summed E-state index contributed by atoms with van der Waals surface area (Å²) in [7, 11) is 0. The third kappa shape index (κ3) is 3.80. The maximum Gasteiger partial charge on any atom is 0.436 e. The number of rotatable bonds is 5. The van der Waals surface area contributed by atoms with E-state index in [0.717, 1.165) is 10.2 Å². The van der Waals surface area contributed by atoms with E-state index in [0.29, 0.717) is 6.54 Å². The number of aryl methyl sites for hydroxylation is 1. The van der Waals surface area contributed by atoms with Crippen molar-refractivity contribution in [3.63, 3.8) is 0 Å². The molecule has 132 valence electrons. The van der Waals surface area contributed by atoms with Gasteiger partial charge in [-0.1, -0.05) is 0 Å². The maximum atomic E-state index is 12.9. The highest BCUT2D eigenvalue weighted by molar-refractivity contribution is 9.10. The molecule has 2 heterocycles. The first-order chi connectivity index (χ1) is 11.1. The third-order valence-electron chi connectivity index (χ3n) is 3.57.